The number of anilines is 1. The monoisotopic (exact) mass is 495 g/mol. The molecule has 5 aromatic rings. The van der Waals surface area contributed by atoms with Crippen LogP contribution in [0.25, 0.3) is 32.3 Å². The van der Waals surface area contributed by atoms with E-state index in [1.807, 2.05) is 72.8 Å². The Hall–Kier alpha value is -3.80. The third-order valence-corrected chi connectivity index (χ3v) is 6.99. The zero-order valence-electron chi connectivity index (χ0n) is 19.0. The molecular weight excluding hydrogens is 474 g/mol. The van der Waals surface area contributed by atoms with E-state index in [1.54, 1.807) is 17.5 Å². The Bertz CT molecular complexity index is 1500. The van der Waals surface area contributed by atoms with E-state index in [4.69, 9.17) is 16.6 Å². The fourth-order valence-electron chi connectivity index (χ4n) is 3.86. The lowest BCUT2D eigenvalue weighted by atomic mass is 10.1. The summed E-state index contributed by atoms with van der Waals surface area (Å²) in [5.41, 5.74) is 5.84. The molecule has 2 heterocycles. The molecule has 0 spiro atoms. The van der Waals surface area contributed by atoms with E-state index in [9.17, 15) is 4.79 Å². The highest BCUT2D eigenvalue weighted by Gasteiger charge is 2.18. The molecule has 0 fully saturated rings. The Morgan fingerprint density at radius 1 is 0.914 bits per heavy atom. The van der Waals surface area contributed by atoms with Crippen LogP contribution in [0.5, 0.6) is 0 Å². The first-order valence-corrected chi connectivity index (χ1v) is 12.4. The second kappa shape index (κ2) is 10.2. The van der Waals surface area contributed by atoms with Crippen LogP contribution < -0.4 is 5.32 Å². The van der Waals surface area contributed by atoms with Crippen LogP contribution in [0, 0.1) is 6.92 Å². The van der Waals surface area contributed by atoms with E-state index < -0.39 is 0 Å². The summed E-state index contributed by atoms with van der Waals surface area (Å²) in [6, 6.07) is 29.5. The Morgan fingerprint density at radius 3 is 2.51 bits per heavy atom. The van der Waals surface area contributed by atoms with Gasteiger partial charge in [0.15, 0.2) is 0 Å². The number of hydrogen-bond donors (Lipinski definition) is 1. The molecule has 172 valence electrons. The van der Waals surface area contributed by atoms with Crippen LogP contribution in [0.2, 0.25) is 5.02 Å². The van der Waals surface area contributed by atoms with E-state index in [2.05, 4.69) is 35.4 Å². The van der Waals surface area contributed by atoms with Gasteiger partial charge in [-0.15, -0.1) is 11.3 Å². The second-order valence-corrected chi connectivity index (χ2v) is 9.59. The fraction of sp³-hybridized carbons (Fsp3) is 0.0690. The number of aromatic nitrogens is 2. The van der Waals surface area contributed by atoms with Crippen LogP contribution in [-0.2, 0) is 11.2 Å². The number of thiazole rings is 1. The van der Waals surface area contributed by atoms with Gasteiger partial charge in [-0.2, -0.15) is 0 Å². The maximum absolute atomic E-state index is 12.6. The summed E-state index contributed by atoms with van der Waals surface area (Å²) >= 11 is 8.07. The van der Waals surface area contributed by atoms with Crippen molar-refractivity contribution >= 4 is 34.7 Å². The minimum absolute atomic E-state index is 0.110. The summed E-state index contributed by atoms with van der Waals surface area (Å²) in [5, 5.41) is 4.43. The predicted octanol–water partition coefficient (Wildman–Crippen LogP) is 7.68. The number of pyridine rings is 1. The first-order valence-electron chi connectivity index (χ1n) is 11.2. The van der Waals surface area contributed by atoms with Crippen molar-refractivity contribution < 1.29 is 4.79 Å². The predicted molar refractivity (Wildman–Crippen MR) is 145 cm³/mol. The van der Waals surface area contributed by atoms with Gasteiger partial charge in [0.1, 0.15) is 10.8 Å². The summed E-state index contributed by atoms with van der Waals surface area (Å²) in [5.74, 6) is 0.395. The van der Waals surface area contributed by atoms with Crippen molar-refractivity contribution in [3.8, 4) is 32.3 Å². The number of nitrogens with one attached hydrogen (secondary N) is 1. The van der Waals surface area contributed by atoms with Gasteiger partial charge in [-0.1, -0.05) is 83.9 Å². The normalized spacial score (nSPS) is 10.8. The third kappa shape index (κ3) is 5.32. The molecule has 0 saturated heterocycles. The van der Waals surface area contributed by atoms with Crippen LogP contribution in [-0.4, -0.2) is 15.9 Å². The summed E-state index contributed by atoms with van der Waals surface area (Å²) < 4.78 is 0. The maximum Gasteiger partial charge on any atom is 0.229 e. The highest BCUT2D eigenvalue weighted by atomic mass is 35.5. The molecule has 1 N–H and O–H groups in total. The van der Waals surface area contributed by atoms with Crippen LogP contribution in [0.4, 0.5) is 5.82 Å². The van der Waals surface area contributed by atoms with Gasteiger partial charge in [0.25, 0.3) is 0 Å². The number of rotatable bonds is 6. The lowest BCUT2D eigenvalue weighted by Crippen LogP contribution is -2.15. The number of amides is 1. The molecule has 0 aliphatic heterocycles. The summed E-state index contributed by atoms with van der Waals surface area (Å²) in [7, 11) is 0. The largest absolute Gasteiger partial charge is 0.310 e. The molecule has 0 aliphatic carbocycles. The van der Waals surface area contributed by atoms with Crippen molar-refractivity contribution in [2.45, 2.75) is 13.3 Å². The minimum atomic E-state index is -0.110. The van der Waals surface area contributed by atoms with Crippen LogP contribution in [0.15, 0.2) is 97.2 Å². The van der Waals surface area contributed by atoms with Crippen LogP contribution in [0.3, 0.4) is 0 Å². The number of carbonyl (C=O) groups is 1. The quantitative estimate of drug-likeness (QED) is 0.263. The zero-order valence-corrected chi connectivity index (χ0v) is 20.6. The molecule has 0 aliphatic rings. The lowest BCUT2D eigenvalue weighted by Gasteiger charge is -2.08. The first kappa shape index (κ1) is 23.0. The number of benzene rings is 3. The van der Waals surface area contributed by atoms with Gasteiger partial charge in [0.05, 0.1) is 22.0 Å². The van der Waals surface area contributed by atoms with E-state index in [0.29, 0.717) is 17.3 Å². The molecule has 3 aromatic carbocycles. The number of carbonyl (C=O) groups excluding carboxylic acids is 1. The first-order chi connectivity index (χ1) is 17.1. The average Bonchev–Trinajstić information content (AvgIpc) is 3.30. The van der Waals surface area contributed by atoms with Crippen molar-refractivity contribution in [1.82, 2.24) is 9.97 Å². The highest BCUT2D eigenvalue weighted by molar-refractivity contribution is 7.19. The molecule has 6 heteroatoms. The number of nitrogens with zero attached hydrogens (tertiary/aromatic N) is 2. The molecule has 4 nitrogen and oxygen atoms in total. The molecule has 0 radical (unpaired) electrons. The maximum atomic E-state index is 12.6. The summed E-state index contributed by atoms with van der Waals surface area (Å²) in [6.45, 7) is 2.07. The number of halogens is 1. The van der Waals surface area contributed by atoms with Crippen molar-refractivity contribution in [3.63, 3.8) is 0 Å². The van der Waals surface area contributed by atoms with Gasteiger partial charge in [0.2, 0.25) is 5.91 Å². The number of hydrogen-bond acceptors (Lipinski definition) is 4. The molecule has 0 bridgehead atoms. The Labute approximate surface area is 213 Å². The van der Waals surface area contributed by atoms with E-state index >= 15 is 0 Å². The van der Waals surface area contributed by atoms with Gasteiger partial charge in [-0.05, 0) is 42.3 Å². The van der Waals surface area contributed by atoms with E-state index in [-0.39, 0.29) is 5.91 Å². The van der Waals surface area contributed by atoms with Gasteiger partial charge in [-0.3, -0.25) is 4.79 Å². The average molecular weight is 496 g/mol. The van der Waals surface area contributed by atoms with Crippen molar-refractivity contribution in [3.05, 3.63) is 113 Å². The highest BCUT2D eigenvalue weighted by Crippen LogP contribution is 2.42. The zero-order chi connectivity index (χ0) is 24.2. The number of aryl methyl sites for hydroxylation is 1. The van der Waals surface area contributed by atoms with Crippen LogP contribution in [0.1, 0.15) is 11.1 Å². The SMILES string of the molecule is Cc1cccc(-c2nc(-c3ccccc3Cl)sc2-c2ccnc(NC(=O)Cc3ccccc3)c2)c1. The minimum Gasteiger partial charge on any atom is -0.310 e. The Kier molecular flexibility index (Phi) is 6.70. The van der Waals surface area contributed by atoms with Crippen molar-refractivity contribution in [1.29, 1.82) is 0 Å². The van der Waals surface area contributed by atoms with Gasteiger partial charge >= 0.3 is 0 Å². The molecule has 1 amide bonds. The van der Waals surface area contributed by atoms with Gasteiger partial charge in [-0.25, -0.2) is 9.97 Å². The smallest absolute Gasteiger partial charge is 0.229 e. The molecule has 0 saturated carbocycles. The standard InChI is InChI=1S/C29H22ClN3OS/c1-19-8-7-11-21(16-19)27-28(35-29(33-27)23-12-5-6-13-24(23)30)22-14-15-31-25(18-22)32-26(34)17-20-9-3-2-4-10-20/h2-16,18H,17H2,1H3,(H,31,32,34). The van der Waals surface area contributed by atoms with E-state index in [0.717, 1.165) is 43.4 Å². The van der Waals surface area contributed by atoms with E-state index in [1.165, 1.54) is 0 Å². The molecular formula is C29H22ClN3OS. The second-order valence-electron chi connectivity index (χ2n) is 8.19. The lowest BCUT2D eigenvalue weighted by molar-refractivity contribution is -0.115. The molecule has 0 unspecified atom stereocenters. The Morgan fingerprint density at radius 2 is 1.71 bits per heavy atom. The molecule has 35 heavy (non-hydrogen) atoms. The van der Waals surface area contributed by atoms with Crippen molar-refractivity contribution in [2.24, 2.45) is 0 Å². The van der Waals surface area contributed by atoms with Crippen LogP contribution >= 0.6 is 22.9 Å². The molecule has 2 aromatic heterocycles. The topological polar surface area (TPSA) is 54.9 Å². The summed E-state index contributed by atoms with van der Waals surface area (Å²) in [4.78, 5) is 23.0. The third-order valence-electron chi connectivity index (χ3n) is 5.52. The van der Waals surface area contributed by atoms with Crippen molar-refractivity contribution in [2.75, 3.05) is 5.32 Å². The molecule has 0 atom stereocenters. The fourth-order valence-corrected chi connectivity index (χ4v) is 5.27. The summed E-state index contributed by atoms with van der Waals surface area (Å²) in [6.07, 6.45) is 2.00. The molecule has 5 rings (SSSR count). The van der Waals surface area contributed by atoms with Gasteiger partial charge in [0, 0.05) is 17.3 Å². The Balaban J connectivity index is 1.52. The van der Waals surface area contributed by atoms with Gasteiger partial charge < -0.3 is 5.32 Å².